The van der Waals surface area contributed by atoms with Crippen LogP contribution in [0.1, 0.15) is 130 Å². The largest absolute Gasteiger partial charge is 0.472 e. The molecule has 314 valence electrons. The van der Waals surface area contributed by atoms with Gasteiger partial charge in [0.25, 0.3) is 0 Å². The molecule has 0 aromatic rings. The van der Waals surface area contributed by atoms with E-state index in [1.807, 2.05) is 24.3 Å². The van der Waals surface area contributed by atoms with Crippen LogP contribution in [0.3, 0.4) is 0 Å². The van der Waals surface area contributed by atoms with Crippen molar-refractivity contribution in [2.45, 2.75) is 148 Å². The molecule has 0 aromatic carbocycles. The minimum Gasteiger partial charge on any atom is -0.462 e. The number of aliphatic hydroxyl groups is 2. The van der Waals surface area contributed by atoms with Gasteiger partial charge in [-0.1, -0.05) is 114 Å². The van der Waals surface area contributed by atoms with Crippen LogP contribution in [0.15, 0.2) is 48.6 Å². The fourth-order valence-electron chi connectivity index (χ4n) is 4.77. The van der Waals surface area contributed by atoms with Crippen molar-refractivity contribution in [2.75, 3.05) is 26.4 Å². The number of hydrogen-bond acceptors (Lipinski definition) is 11. The molecule has 5 N–H and O–H groups in total. The molecule has 0 aliphatic rings. The average molecular weight is 811 g/mol. The van der Waals surface area contributed by atoms with Gasteiger partial charge in [-0.2, -0.15) is 0 Å². The van der Waals surface area contributed by atoms with Gasteiger partial charge in [0, 0.05) is 12.8 Å². The predicted molar refractivity (Wildman–Crippen MR) is 208 cm³/mol. The number of rotatable bonds is 35. The second-order valence-corrected chi connectivity index (χ2v) is 16.2. The molecule has 0 saturated carbocycles. The molecule has 0 amide bonds. The quantitative estimate of drug-likeness (QED) is 0.0178. The highest BCUT2D eigenvalue weighted by atomic mass is 31.2. The van der Waals surface area contributed by atoms with Gasteiger partial charge < -0.3 is 34.4 Å². The lowest BCUT2D eigenvalue weighted by atomic mass is 10.0. The molecule has 0 aliphatic carbocycles. The minimum absolute atomic E-state index is 0.0393. The third-order valence-electron chi connectivity index (χ3n) is 7.69. The van der Waals surface area contributed by atoms with E-state index in [1.165, 1.54) is 12.8 Å². The summed E-state index contributed by atoms with van der Waals surface area (Å²) in [6.45, 7) is 3.66. The Hall–Kier alpha value is -1.96. The third-order valence-corrected chi connectivity index (χ3v) is 9.13. The van der Waals surface area contributed by atoms with Crippen LogP contribution >= 0.6 is 15.6 Å². The van der Waals surface area contributed by atoms with E-state index in [9.17, 15) is 33.8 Å². The van der Waals surface area contributed by atoms with Gasteiger partial charge in [0.2, 0.25) is 0 Å². The molecule has 4 atom stereocenters. The van der Waals surface area contributed by atoms with Crippen molar-refractivity contribution in [1.82, 2.24) is 0 Å². The summed E-state index contributed by atoms with van der Waals surface area (Å²) in [7, 11) is -9.69. The fourth-order valence-corrected chi connectivity index (χ4v) is 5.93. The maximum absolute atomic E-state index is 12.6. The number of unbranched alkanes of at least 4 members (excludes halogenated alkanes) is 6. The zero-order chi connectivity index (χ0) is 40.5. The van der Waals surface area contributed by atoms with Crippen molar-refractivity contribution in [3.05, 3.63) is 48.6 Å². The summed E-state index contributed by atoms with van der Waals surface area (Å²) in [5, 5.41) is 19.4. The average Bonchev–Trinajstić information content (AvgIpc) is 3.10. The van der Waals surface area contributed by atoms with E-state index >= 15 is 0 Å². The highest BCUT2D eigenvalue weighted by molar-refractivity contribution is 7.47. The molecule has 0 heterocycles. The first-order valence-electron chi connectivity index (χ1n) is 19.3. The van der Waals surface area contributed by atoms with Crippen LogP contribution in [0.4, 0.5) is 0 Å². The van der Waals surface area contributed by atoms with Gasteiger partial charge in [-0.25, -0.2) is 9.13 Å². The molecular formula is C38H68O14P2. The zero-order valence-corrected chi connectivity index (χ0v) is 34.4. The van der Waals surface area contributed by atoms with E-state index in [1.54, 1.807) is 0 Å². The SMILES string of the molecule is CCCC(O)C/C=C\C/C=C\C/C=C\C/C=C\CCCC(=O)O[C@H](COC(=O)CCCCCCCCC(C)C)COP(=O)(O)OC[C@@H](O)COP(=O)(O)O. The number of ether oxygens (including phenoxy) is 2. The van der Waals surface area contributed by atoms with Crippen LogP contribution in [0.25, 0.3) is 0 Å². The molecule has 16 heteroatoms. The highest BCUT2D eigenvalue weighted by Gasteiger charge is 2.28. The van der Waals surface area contributed by atoms with E-state index in [4.69, 9.17) is 23.8 Å². The molecule has 0 rings (SSSR count). The minimum atomic E-state index is -4.87. The first kappa shape index (κ1) is 52.0. The Balaban J connectivity index is 4.69. The van der Waals surface area contributed by atoms with Crippen LogP contribution in [0.5, 0.6) is 0 Å². The van der Waals surface area contributed by atoms with Crippen molar-refractivity contribution in [3.8, 4) is 0 Å². The topological polar surface area (TPSA) is 216 Å². The van der Waals surface area contributed by atoms with Gasteiger partial charge in [-0.3, -0.25) is 23.2 Å². The van der Waals surface area contributed by atoms with E-state index in [0.29, 0.717) is 31.6 Å². The Bertz CT molecular complexity index is 1180. The maximum atomic E-state index is 12.6. The van der Waals surface area contributed by atoms with Crippen molar-refractivity contribution in [1.29, 1.82) is 0 Å². The summed E-state index contributed by atoms with van der Waals surface area (Å²) in [6, 6.07) is 0. The lowest BCUT2D eigenvalue weighted by Crippen LogP contribution is -2.29. The van der Waals surface area contributed by atoms with E-state index in [0.717, 1.165) is 57.8 Å². The summed E-state index contributed by atoms with van der Waals surface area (Å²) >= 11 is 0. The van der Waals surface area contributed by atoms with Gasteiger partial charge in [0.05, 0.1) is 25.9 Å². The van der Waals surface area contributed by atoms with Crippen LogP contribution in [0.2, 0.25) is 0 Å². The Kier molecular flexibility index (Phi) is 32.0. The van der Waals surface area contributed by atoms with Crippen LogP contribution in [0, 0.1) is 5.92 Å². The monoisotopic (exact) mass is 810 g/mol. The number of aliphatic hydroxyl groups excluding tert-OH is 2. The lowest BCUT2D eigenvalue weighted by Gasteiger charge is -2.20. The molecule has 2 unspecified atom stereocenters. The summed E-state index contributed by atoms with van der Waals surface area (Å²) in [4.78, 5) is 52.4. The van der Waals surface area contributed by atoms with Gasteiger partial charge in [-0.15, -0.1) is 0 Å². The Labute approximate surface area is 322 Å². The van der Waals surface area contributed by atoms with Gasteiger partial charge >= 0.3 is 27.6 Å². The van der Waals surface area contributed by atoms with Crippen LogP contribution in [-0.4, -0.2) is 81.6 Å². The smallest absolute Gasteiger partial charge is 0.462 e. The second kappa shape index (κ2) is 33.2. The summed E-state index contributed by atoms with van der Waals surface area (Å²) in [6.07, 6.45) is 26.5. The van der Waals surface area contributed by atoms with Crippen molar-refractivity contribution < 1.29 is 66.7 Å². The van der Waals surface area contributed by atoms with E-state index < -0.39 is 66.2 Å². The van der Waals surface area contributed by atoms with E-state index in [-0.39, 0.29) is 18.9 Å². The number of carbonyl (C=O) groups is 2. The molecular weight excluding hydrogens is 742 g/mol. The molecule has 0 saturated heterocycles. The molecule has 0 spiro atoms. The Morgan fingerprint density at radius 3 is 1.76 bits per heavy atom. The van der Waals surface area contributed by atoms with Gasteiger partial charge in [0.15, 0.2) is 6.10 Å². The number of carbonyl (C=O) groups excluding carboxylic acids is 2. The number of esters is 2. The van der Waals surface area contributed by atoms with Gasteiger partial charge in [0.1, 0.15) is 12.7 Å². The van der Waals surface area contributed by atoms with E-state index in [2.05, 4.69) is 54.1 Å². The molecule has 0 radical (unpaired) electrons. The lowest BCUT2D eigenvalue weighted by molar-refractivity contribution is -0.161. The summed E-state index contributed by atoms with van der Waals surface area (Å²) in [5.74, 6) is -0.436. The van der Waals surface area contributed by atoms with Crippen molar-refractivity contribution in [3.63, 3.8) is 0 Å². The molecule has 0 bridgehead atoms. The maximum Gasteiger partial charge on any atom is 0.472 e. The molecule has 14 nitrogen and oxygen atoms in total. The first-order valence-corrected chi connectivity index (χ1v) is 22.3. The normalized spacial score (nSPS) is 15.4. The van der Waals surface area contributed by atoms with Crippen LogP contribution < -0.4 is 0 Å². The summed E-state index contributed by atoms with van der Waals surface area (Å²) < 4.78 is 47.4. The number of phosphoric acid groups is 2. The molecule has 0 fully saturated rings. The summed E-state index contributed by atoms with van der Waals surface area (Å²) in [5.41, 5.74) is 0. The number of hydrogen-bond donors (Lipinski definition) is 5. The van der Waals surface area contributed by atoms with Crippen molar-refractivity contribution >= 4 is 27.6 Å². The van der Waals surface area contributed by atoms with Gasteiger partial charge in [-0.05, 0) is 57.3 Å². The molecule has 0 aromatic heterocycles. The Morgan fingerprint density at radius 1 is 0.611 bits per heavy atom. The van der Waals surface area contributed by atoms with Crippen molar-refractivity contribution in [2.24, 2.45) is 5.92 Å². The molecule has 54 heavy (non-hydrogen) atoms. The number of phosphoric ester groups is 2. The zero-order valence-electron chi connectivity index (χ0n) is 32.6. The first-order chi connectivity index (χ1) is 25.6. The number of allylic oxidation sites excluding steroid dienone is 7. The Morgan fingerprint density at radius 2 is 1.15 bits per heavy atom. The van der Waals surface area contributed by atoms with Crippen LogP contribution in [-0.2, 0) is 41.8 Å². The third kappa shape index (κ3) is 37.0. The standard InChI is InChI=1S/C38H68O14P2/c1-4-24-34(39)26-21-17-12-10-8-6-5-7-9-11-13-19-23-28-38(42)52-36(31-48-37(41)27-22-18-15-14-16-20-25-33(2)3)32-51-54(46,47)50-30-35(40)29-49-53(43,44)45/h5,7-8,10-11,13,17,21,33-36,39-40H,4,6,9,12,14-16,18-20,22-32H2,1-3H3,(H,46,47)(H2,43,44,45)/b7-5-,10-8-,13-11-,21-17-/t34?,35-,36+/m0/s1. The fraction of sp³-hybridized carbons (Fsp3) is 0.737. The highest BCUT2D eigenvalue weighted by Crippen LogP contribution is 2.43. The predicted octanol–water partition coefficient (Wildman–Crippen LogP) is 7.94. The second-order valence-electron chi connectivity index (χ2n) is 13.5. The molecule has 0 aliphatic heterocycles.